The second kappa shape index (κ2) is 11.4. The summed E-state index contributed by atoms with van der Waals surface area (Å²) >= 11 is 4.21. The van der Waals surface area contributed by atoms with E-state index in [1.165, 1.54) is 34.0 Å². The number of nitrogens with two attached hydrogens (primary N) is 1. The van der Waals surface area contributed by atoms with Gasteiger partial charge in [0.25, 0.3) is 5.91 Å². The van der Waals surface area contributed by atoms with Gasteiger partial charge < -0.3 is 20.8 Å². The Morgan fingerprint density at radius 1 is 1.02 bits per heavy atom. The molecule has 3 aromatic heterocycles. The predicted molar refractivity (Wildman–Crippen MR) is 176 cm³/mol. The Kier molecular flexibility index (Phi) is 7.24. The minimum Gasteiger partial charge on any atom is -0.508 e. The Balaban J connectivity index is 1.16. The number of nitrogens with zero attached hydrogens (tertiary/aromatic N) is 3. The molecule has 1 aliphatic rings. The molecule has 0 bridgehead atoms. The van der Waals surface area contributed by atoms with Crippen LogP contribution in [0.25, 0.3) is 21.3 Å². The number of rotatable bonds is 7. The van der Waals surface area contributed by atoms with Gasteiger partial charge in [-0.1, -0.05) is 41.7 Å². The number of thiazole rings is 2. The highest BCUT2D eigenvalue weighted by atomic mass is 32.1. The molecule has 0 radical (unpaired) electrons. The first kappa shape index (κ1) is 28.0. The van der Waals surface area contributed by atoms with Crippen LogP contribution in [-0.4, -0.2) is 38.6 Å². The molecule has 9 nitrogen and oxygen atoms in total. The molecule has 7 rings (SSSR count). The summed E-state index contributed by atoms with van der Waals surface area (Å²) in [6.07, 6.45) is 0.878. The summed E-state index contributed by atoms with van der Waals surface area (Å²) in [4.78, 5) is 37.3. The number of nitrogens with one attached hydrogen (secondary N) is 1. The number of phenolic OH excluding ortho intramolecular Hbond substituents is 1. The Labute approximate surface area is 263 Å². The highest BCUT2D eigenvalue weighted by Crippen LogP contribution is 2.37. The summed E-state index contributed by atoms with van der Waals surface area (Å²) in [6, 6.07) is 18.7. The molecule has 220 valence electrons. The Morgan fingerprint density at radius 3 is 2.68 bits per heavy atom. The molecule has 1 aliphatic heterocycles. The fourth-order valence-corrected chi connectivity index (χ4v) is 8.13. The molecule has 0 saturated heterocycles. The van der Waals surface area contributed by atoms with Gasteiger partial charge >= 0.3 is 5.97 Å². The van der Waals surface area contributed by atoms with Crippen molar-refractivity contribution in [2.45, 2.75) is 19.4 Å². The van der Waals surface area contributed by atoms with Gasteiger partial charge in [-0.2, -0.15) is 0 Å². The number of carboxylic acid groups (broad SMARTS) is 1. The van der Waals surface area contributed by atoms with E-state index in [4.69, 9.17) is 5.73 Å². The highest BCUT2D eigenvalue weighted by Gasteiger charge is 2.27. The molecule has 3 aromatic carbocycles. The third-order valence-corrected chi connectivity index (χ3v) is 10.5. The summed E-state index contributed by atoms with van der Waals surface area (Å²) in [5.74, 6) is -1.30. The number of hydrogen-bond donors (Lipinski definition) is 4. The zero-order valence-electron chi connectivity index (χ0n) is 23.1. The number of carboxylic acids is 1. The number of aromatic nitrogens is 2. The highest BCUT2D eigenvalue weighted by molar-refractivity contribution is 7.22. The van der Waals surface area contributed by atoms with Crippen molar-refractivity contribution in [1.82, 2.24) is 9.97 Å². The maximum absolute atomic E-state index is 13.4. The van der Waals surface area contributed by atoms with E-state index in [0.717, 1.165) is 32.5 Å². The van der Waals surface area contributed by atoms with E-state index in [1.54, 1.807) is 18.2 Å². The molecule has 5 N–H and O–H groups in total. The maximum Gasteiger partial charge on any atom is 0.355 e. The number of nitrogen functional groups attached to an aromatic ring is 1. The van der Waals surface area contributed by atoms with Crippen molar-refractivity contribution in [3.8, 4) is 16.9 Å². The van der Waals surface area contributed by atoms with Gasteiger partial charge in [0.2, 0.25) is 0 Å². The first-order valence-corrected chi connectivity index (χ1v) is 16.3. The van der Waals surface area contributed by atoms with Gasteiger partial charge in [0.1, 0.15) is 5.75 Å². The Hall–Kier alpha value is -4.78. The first-order valence-electron chi connectivity index (χ1n) is 13.7. The van der Waals surface area contributed by atoms with Crippen molar-refractivity contribution in [2.75, 3.05) is 22.5 Å². The second-order valence-electron chi connectivity index (χ2n) is 10.4. The fraction of sp³-hybridized carbons (Fsp3) is 0.125. The third kappa shape index (κ3) is 5.27. The van der Waals surface area contributed by atoms with E-state index in [0.29, 0.717) is 51.5 Å². The molecule has 0 saturated carbocycles. The minimum atomic E-state index is -1.13. The Morgan fingerprint density at radius 2 is 1.89 bits per heavy atom. The number of para-hydroxylation sites is 1. The largest absolute Gasteiger partial charge is 0.508 e. The van der Waals surface area contributed by atoms with Crippen LogP contribution in [0.2, 0.25) is 0 Å². The lowest BCUT2D eigenvalue weighted by Crippen LogP contribution is -2.32. The number of hydrogen-bond acceptors (Lipinski definition) is 10. The van der Waals surface area contributed by atoms with Crippen molar-refractivity contribution in [1.29, 1.82) is 0 Å². The summed E-state index contributed by atoms with van der Waals surface area (Å²) in [6.45, 7) is 1.03. The van der Waals surface area contributed by atoms with Crippen LogP contribution in [0.15, 0.2) is 71.4 Å². The third-order valence-electron chi connectivity index (χ3n) is 7.62. The summed E-state index contributed by atoms with van der Waals surface area (Å²) < 4.78 is 0.994. The molecule has 0 spiro atoms. The average Bonchev–Trinajstić information content (AvgIpc) is 3.75. The average molecular weight is 640 g/mol. The summed E-state index contributed by atoms with van der Waals surface area (Å²) in [5, 5.41) is 28.5. The van der Waals surface area contributed by atoms with Gasteiger partial charge in [-0.15, -0.1) is 22.7 Å². The van der Waals surface area contributed by atoms with E-state index >= 15 is 0 Å². The van der Waals surface area contributed by atoms with Gasteiger partial charge in [0.15, 0.2) is 16.0 Å². The lowest BCUT2D eigenvalue weighted by molar-refractivity contribution is 0.0690. The maximum atomic E-state index is 13.4. The molecule has 0 unspecified atom stereocenters. The normalized spacial score (nSPS) is 12.8. The molecular formula is C32H25N5O4S3. The number of thiophene rings is 1. The number of amides is 1. The molecule has 12 heteroatoms. The molecule has 0 aliphatic carbocycles. The number of carbonyl (C=O) groups excluding carboxylic acids is 1. The molecule has 1 amide bonds. The number of aromatic carboxylic acids is 1. The molecule has 0 atom stereocenters. The number of benzene rings is 3. The molecule has 44 heavy (non-hydrogen) atoms. The lowest BCUT2D eigenvalue weighted by Gasteiger charge is -2.29. The van der Waals surface area contributed by atoms with Gasteiger partial charge in [-0.3, -0.25) is 10.1 Å². The van der Waals surface area contributed by atoms with Gasteiger partial charge in [-0.25, -0.2) is 14.8 Å². The van der Waals surface area contributed by atoms with E-state index in [9.17, 15) is 19.8 Å². The molecule has 0 fully saturated rings. The summed E-state index contributed by atoms with van der Waals surface area (Å²) in [5.41, 5.74) is 12.4. The van der Waals surface area contributed by atoms with Crippen molar-refractivity contribution in [2.24, 2.45) is 0 Å². The molecule has 6 aromatic rings. The van der Waals surface area contributed by atoms with Crippen molar-refractivity contribution < 1.29 is 19.8 Å². The van der Waals surface area contributed by atoms with Crippen molar-refractivity contribution in [3.63, 3.8) is 0 Å². The van der Waals surface area contributed by atoms with Crippen LogP contribution >= 0.6 is 34.0 Å². The van der Waals surface area contributed by atoms with Crippen molar-refractivity contribution in [3.05, 3.63) is 104 Å². The van der Waals surface area contributed by atoms with Crippen LogP contribution in [-0.2, 0) is 19.4 Å². The first-order chi connectivity index (χ1) is 21.3. The van der Waals surface area contributed by atoms with E-state index in [-0.39, 0.29) is 23.8 Å². The van der Waals surface area contributed by atoms with Gasteiger partial charge in [0.05, 0.1) is 15.9 Å². The minimum absolute atomic E-state index is 0.0440. The SMILES string of the molecule is Nc1cscc1-c1ccc(O)c(Cc2sc(N3CCc4cccc(C(=O)Nc5nc6ccccc6s5)c4C3)nc2C(=O)O)c1. The van der Waals surface area contributed by atoms with Crippen LogP contribution < -0.4 is 16.0 Å². The fourth-order valence-electron chi connectivity index (χ4n) is 5.42. The molecule has 4 heterocycles. The zero-order valence-corrected chi connectivity index (χ0v) is 25.6. The van der Waals surface area contributed by atoms with E-state index in [1.807, 2.05) is 58.1 Å². The monoisotopic (exact) mass is 639 g/mol. The van der Waals surface area contributed by atoms with Gasteiger partial charge in [0, 0.05) is 46.3 Å². The van der Waals surface area contributed by atoms with Crippen LogP contribution in [0.1, 0.15) is 42.4 Å². The number of carbonyl (C=O) groups is 2. The quantitative estimate of drug-likeness (QED) is 0.148. The number of fused-ring (bicyclic) bond motifs is 2. The number of phenols is 1. The number of anilines is 3. The number of aromatic hydroxyl groups is 1. The van der Waals surface area contributed by atoms with Crippen LogP contribution in [0, 0.1) is 0 Å². The van der Waals surface area contributed by atoms with E-state index in [2.05, 4.69) is 15.3 Å². The zero-order chi connectivity index (χ0) is 30.4. The van der Waals surface area contributed by atoms with E-state index < -0.39 is 5.97 Å². The second-order valence-corrected chi connectivity index (χ2v) is 13.2. The topological polar surface area (TPSA) is 142 Å². The van der Waals surface area contributed by atoms with Crippen LogP contribution in [0.3, 0.4) is 0 Å². The standard InChI is InChI=1S/C32H25N5O4S3/c33-23-16-42-15-22(23)18-8-9-25(38)19(12-18)13-27-28(30(40)41)35-32(44-27)37-11-10-17-4-3-5-20(21(17)14-37)29(39)36-31-34-24-6-1-2-7-26(24)43-31/h1-9,12,15-16,38H,10-11,13-14,33H2,(H,40,41)(H,34,36,39). The smallest absolute Gasteiger partial charge is 0.355 e. The predicted octanol–water partition coefficient (Wildman–Crippen LogP) is 6.87. The van der Waals surface area contributed by atoms with Gasteiger partial charge in [-0.05, 0) is 59.0 Å². The molecular weight excluding hydrogens is 615 g/mol. The van der Waals surface area contributed by atoms with Crippen LogP contribution in [0.5, 0.6) is 5.75 Å². The van der Waals surface area contributed by atoms with Crippen LogP contribution in [0.4, 0.5) is 16.0 Å². The lowest BCUT2D eigenvalue weighted by atomic mass is 9.94. The van der Waals surface area contributed by atoms with Crippen molar-refractivity contribution >= 4 is 72.1 Å². The summed E-state index contributed by atoms with van der Waals surface area (Å²) in [7, 11) is 0. The Bertz CT molecular complexity index is 2030.